The van der Waals surface area contributed by atoms with E-state index in [2.05, 4.69) is 10.8 Å². The number of alkyl halides is 1. The van der Waals surface area contributed by atoms with Crippen molar-refractivity contribution in [2.75, 3.05) is 45.5 Å². The number of hydrogen-bond acceptors (Lipinski definition) is 11. The molecular weight excluding hydrogens is 939 g/mol. The number of rotatable bonds is 11. The number of amidine groups is 1. The summed E-state index contributed by atoms with van der Waals surface area (Å²) < 4.78 is 92.0. The summed E-state index contributed by atoms with van der Waals surface area (Å²) in [4.78, 5) is 29.9. The van der Waals surface area contributed by atoms with E-state index in [1.807, 2.05) is 79.2 Å². The van der Waals surface area contributed by atoms with E-state index in [1.54, 1.807) is 36.3 Å². The number of aliphatic imine (C=N–C) groups is 1. The van der Waals surface area contributed by atoms with Crippen LogP contribution in [0.5, 0.6) is 11.5 Å². The van der Waals surface area contributed by atoms with Crippen LogP contribution in [0, 0.1) is 24.1 Å². The van der Waals surface area contributed by atoms with E-state index in [4.69, 9.17) is 35.3 Å². The van der Waals surface area contributed by atoms with Crippen LogP contribution in [-0.2, 0) is 22.6 Å². The lowest BCUT2D eigenvalue weighted by molar-refractivity contribution is -0.0954. The van der Waals surface area contributed by atoms with Gasteiger partial charge < -0.3 is 23.8 Å². The molecule has 1 aromatic heterocycles. The number of benzene rings is 3. The number of amides is 1. The second-order valence-electron chi connectivity index (χ2n) is 21.0. The Balaban J connectivity index is 1.09. The van der Waals surface area contributed by atoms with Gasteiger partial charge in [-0.15, -0.1) is 6.42 Å². The van der Waals surface area contributed by atoms with E-state index in [1.165, 1.54) is 12.1 Å². The largest absolute Gasteiger partial charge is 0.497 e. The predicted molar refractivity (Wildman–Crippen MR) is 270 cm³/mol. The van der Waals surface area contributed by atoms with Gasteiger partial charge in [0, 0.05) is 54.7 Å². The molecule has 0 radical (unpaired) electrons. The molecule has 380 valence electrons. The monoisotopic (exact) mass is 997 g/mol. The zero-order chi connectivity index (χ0) is 50.9. The van der Waals surface area contributed by atoms with E-state index in [9.17, 15) is 4.79 Å². The van der Waals surface area contributed by atoms with Crippen LogP contribution >= 0.6 is 0 Å². The molecule has 4 aromatic rings. The van der Waals surface area contributed by atoms with Gasteiger partial charge in [-0.05, 0) is 125 Å². The molecule has 4 bridgehead atoms. The molecule has 8 aliphatic rings. The quantitative estimate of drug-likeness (QED) is 0.107. The lowest BCUT2D eigenvalue weighted by Gasteiger charge is -2.56. The molecule has 0 N–H and O–H groups in total. The number of anilines is 1. The van der Waals surface area contributed by atoms with Gasteiger partial charge in [-0.1, -0.05) is 36.3 Å². The van der Waals surface area contributed by atoms with Gasteiger partial charge in [0.05, 0.1) is 48.3 Å². The number of terminal acetylenes is 1. The van der Waals surface area contributed by atoms with E-state index < -0.39 is 46.4 Å². The summed E-state index contributed by atoms with van der Waals surface area (Å²) in [6.07, 6.45) is 9.95. The number of aromatic nitrogens is 1. The van der Waals surface area contributed by atoms with Crippen molar-refractivity contribution in [1.29, 1.82) is 0 Å². The van der Waals surface area contributed by atoms with E-state index in [0.717, 1.165) is 28.8 Å². The Morgan fingerprint density at radius 3 is 2.32 bits per heavy atom. The van der Waals surface area contributed by atoms with E-state index >= 15 is 17.6 Å². The second-order valence-corrected chi connectivity index (χ2v) is 21.0. The van der Waals surface area contributed by atoms with Crippen LogP contribution in [0.1, 0.15) is 94.5 Å². The minimum absolute atomic E-state index is 0.0105. The third-order valence-electron chi connectivity index (χ3n) is 15.4. The summed E-state index contributed by atoms with van der Waals surface area (Å²) in [6.45, 7) is 7.14. The standard InChI is InChI=1S/C57H59F4N7O5/c1-7-40-42(59)21-16-36-26-47(64(29-34-12-17-38(70-5)18-13-34)30-35-14-19-39(71-6)20-15-35)63-53(49(36)40)51-43(60)27-48(72-32-57-24-9-25-65(57)31-37(58)28-57)67-46(52(51)61)11-8-10-41-44-22-23-45-50(41)54(67)62-33-66(45)68(44)55(69)73-56(2,3)4/h1,12-21,26-27,37,41,44H,8-11,22-25,28-33H2,2-6H3/t37-,41+,44+,57+/m1/s1. The molecule has 1 aliphatic carbocycles. The van der Waals surface area contributed by atoms with Gasteiger partial charge in [0.25, 0.3) is 0 Å². The number of hydrazine groups is 1. The molecule has 4 fully saturated rings. The van der Waals surface area contributed by atoms with Gasteiger partial charge in [0.1, 0.15) is 59.8 Å². The van der Waals surface area contributed by atoms with Crippen LogP contribution in [0.25, 0.3) is 16.3 Å². The van der Waals surface area contributed by atoms with Crippen LogP contribution in [0.15, 0.2) is 112 Å². The van der Waals surface area contributed by atoms with Crippen molar-refractivity contribution in [3.05, 3.63) is 136 Å². The van der Waals surface area contributed by atoms with Gasteiger partial charge in [-0.25, -0.2) is 37.3 Å². The van der Waals surface area contributed by atoms with Gasteiger partial charge in [-0.3, -0.25) is 14.8 Å². The molecule has 7 aliphatic heterocycles. The van der Waals surface area contributed by atoms with E-state index in [0.29, 0.717) is 80.3 Å². The average Bonchev–Trinajstić information content (AvgIpc) is 3.87. The van der Waals surface area contributed by atoms with Gasteiger partial charge >= 0.3 is 6.09 Å². The molecule has 0 unspecified atom stereocenters. The summed E-state index contributed by atoms with van der Waals surface area (Å²) in [6, 6.07) is 19.5. The zero-order valence-corrected chi connectivity index (χ0v) is 41.8. The predicted octanol–water partition coefficient (Wildman–Crippen LogP) is 11.2. The van der Waals surface area contributed by atoms with Crippen molar-refractivity contribution in [2.24, 2.45) is 10.9 Å². The van der Waals surface area contributed by atoms with Gasteiger partial charge in [0.2, 0.25) is 5.88 Å². The number of ether oxygens (including phenoxy) is 4. The van der Waals surface area contributed by atoms with Crippen molar-refractivity contribution < 1.29 is 41.3 Å². The number of hydrogen-bond donors (Lipinski definition) is 0. The molecule has 8 heterocycles. The average molecular weight is 998 g/mol. The number of halogens is 4. The van der Waals surface area contributed by atoms with Crippen LogP contribution in [0.4, 0.5) is 28.2 Å². The lowest BCUT2D eigenvalue weighted by Crippen LogP contribution is -2.64. The van der Waals surface area contributed by atoms with Crippen LogP contribution in [0.3, 0.4) is 0 Å². The molecule has 16 heteroatoms. The molecule has 0 saturated carbocycles. The molecule has 3 aromatic carbocycles. The number of carbonyl (C=O) groups excluding carboxylic acids is 1. The molecular formula is C57H59F4N7O5. The normalized spacial score (nSPS) is 23.6. The van der Waals surface area contributed by atoms with Crippen molar-refractivity contribution >= 4 is 34.1 Å². The number of nitrogens with zero attached hydrogens (tertiary/aromatic N) is 7. The number of carbonyl (C=O) groups is 1. The smallest absolute Gasteiger partial charge is 0.429 e. The van der Waals surface area contributed by atoms with Crippen LogP contribution in [0.2, 0.25) is 0 Å². The Morgan fingerprint density at radius 2 is 1.64 bits per heavy atom. The lowest BCUT2D eigenvalue weighted by atomic mass is 9.74. The molecule has 4 saturated heterocycles. The summed E-state index contributed by atoms with van der Waals surface area (Å²) in [5, 5.41) is 4.05. The molecule has 12 rings (SSSR count). The first-order valence-corrected chi connectivity index (χ1v) is 25.2. The fraction of sp³-hybridized carbons (Fsp3) is 0.421. The Hall–Kier alpha value is -6.99. The second kappa shape index (κ2) is 18.8. The highest BCUT2D eigenvalue weighted by Crippen LogP contribution is 2.52. The van der Waals surface area contributed by atoms with Crippen LogP contribution < -0.4 is 14.4 Å². The zero-order valence-electron chi connectivity index (χ0n) is 41.8. The maximum absolute atomic E-state index is 18.8. The third-order valence-corrected chi connectivity index (χ3v) is 15.4. The first kappa shape index (κ1) is 48.3. The highest BCUT2D eigenvalue weighted by molar-refractivity contribution is 6.05. The molecule has 73 heavy (non-hydrogen) atoms. The summed E-state index contributed by atoms with van der Waals surface area (Å²) in [5.41, 5.74) is 1.32. The SMILES string of the molecule is C#Cc1c(F)ccc2cc(N(Cc3ccc(OC)cc3)Cc3ccc(OC)cc3)nc(C3=C(F)C=C(OC[C@@]45CCCN4C[C@H](F)C5)N4C5=NCN6C7=C5[C@@H](CCCC4=C3F)[C@H](CC7)N6C(=O)OC(C)(C)C)c12. The first-order chi connectivity index (χ1) is 35.2. The first-order valence-electron chi connectivity index (χ1n) is 25.2. The van der Waals surface area contributed by atoms with Gasteiger partial charge in [-0.2, -0.15) is 0 Å². The van der Waals surface area contributed by atoms with Gasteiger partial charge in [0.15, 0.2) is 5.83 Å². The topological polar surface area (TPSA) is 95.4 Å². The molecule has 1 amide bonds. The fourth-order valence-corrected chi connectivity index (χ4v) is 12.2. The van der Waals surface area contributed by atoms with Crippen molar-refractivity contribution in [2.45, 2.75) is 109 Å². The maximum atomic E-state index is 18.8. The van der Waals surface area contributed by atoms with Crippen molar-refractivity contribution in [1.82, 2.24) is 24.8 Å². The highest BCUT2D eigenvalue weighted by Gasteiger charge is 2.54. The van der Waals surface area contributed by atoms with E-state index in [-0.39, 0.29) is 72.8 Å². The minimum atomic E-state index is -1.05. The Labute approximate surface area is 423 Å². The Kier molecular flexibility index (Phi) is 12.4. The van der Waals surface area contributed by atoms with Crippen molar-refractivity contribution in [3.8, 4) is 23.8 Å². The Morgan fingerprint density at radius 1 is 0.932 bits per heavy atom. The molecule has 12 nitrogen and oxygen atoms in total. The van der Waals surface area contributed by atoms with Crippen molar-refractivity contribution in [3.63, 3.8) is 0 Å². The highest BCUT2D eigenvalue weighted by atomic mass is 19.1. The minimum Gasteiger partial charge on any atom is -0.497 e. The number of methoxy groups -OCH3 is 2. The molecule has 4 atom stereocenters. The Bertz CT molecular complexity index is 3040. The summed E-state index contributed by atoms with van der Waals surface area (Å²) >= 11 is 0. The fourth-order valence-electron chi connectivity index (χ4n) is 12.2. The molecule has 0 spiro atoms. The number of fused-ring (bicyclic) bond motifs is 5. The number of allylic oxidation sites excluding steroid dienone is 6. The third kappa shape index (κ3) is 8.62. The maximum Gasteiger partial charge on any atom is 0.429 e. The summed E-state index contributed by atoms with van der Waals surface area (Å²) in [5.74, 6) is 1.67. The summed E-state index contributed by atoms with van der Waals surface area (Å²) in [7, 11) is 3.19. The van der Waals surface area contributed by atoms with Crippen LogP contribution in [-0.4, -0.2) is 101 Å². The number of pyridine rings is 1.